The van der Waals surface area contributed by atoms with E-state index in [4.69, 9.17) is 0 Å². The van der Waals surface area contributed by atoms with E-state index in [9.17, 15) is 13.6 Å². The fraction of sp³-hybridized carbons (Fsp3) is 0.200. The van der Waals surface area contributed by atoms with E-state index in [2.05, 4.69) is 21.9 Å². The summed E-state index contributed by atoms with van der Waals surface area (Å²) >= 11 is 1.64. The van der Waals surface area contributed by atoms with Crippen LogP contribution in [-0.2, 0) is 11.3 Å². The summed E-state index contributed by atoms with van der Waals surface area (Å²) in [5, 5.41) is 11.4. The largest absolute Gasteiger partial charge is 0.351 e. The van der Waals surface area contributed by atoms with E-state index in [0.717, 1.165) is 40.7 Å². The van der Waals surface area contributed by atoms with Crippen molar-refractivity contribution in [3.63, 3.8) is 0 Å². The van der Waals surface area contributed by atoms with Crippen LogP contribution in [0.4, 0.5) is 8.78 Å². The van der Waals surface area contributed by atoms with Crippen molar-refractivity contribution >= 4 is 23.3 Å². The molecule has 27 heavy (non-hydrogen) atoms. The van der Waals surface area contributed by atoms with Gasteiger partial charge in [0.1, 0.15) is 11.6 Å². The van der Waals surface area contributed by atoms with Crippen LogP contribution in [0, 0.1) is 25.5 Å². The van der Waals surface area contributed by atoms with Crippen LogP contribution in [-0.4, -0.2) is 22.2 Å². The molecule has 0 aliphatic heterocycles. The number of carbonyl (C=O) groups is 1. The van der Waals surface area contributed by atoms with Crippen LogP contribution in [0.15, 0.2) is 41.1 Å². The van der Waals surface area contributed by atoms with Crippen molar-refractivity contribution < 1.29 is 13.6 Å². The molecular weight excluding hydrogens is 368 g/mol. The van der Waals surface area contributed by atoms with E-state index in [0.29, 0.717) is 13.1 Å². The Bertz CT molecular complexity index is 978. The van der Waals surface area contributed by atoms with Crippen LogP contribution >= 0.6 is 11.3 Å². The molecule has 3 aromatic rings. The van der Waals surface area contributed by atoms with Crippen LogP contribution in [0.25, 0.3) is 17.2 Å². The highest BCUT2D eigenvalue weighted by molar-refractivity contribution is 7.08. The molecule has 7 heteroatoms. The predicted molar refractivity (Wildman–Crippen MR) is 103 cm³/mol. The van der Waals surface area contributed by atoms with Gasteiger partial charge in [-0.05, 0) is 60.5 Å². The van der Waals surface area contributed by atoms with Gasteiger partial charge in [0.2, 0.25) is 5.91 Å². The zero-order valence-electron chi connectivity index (χ0n) is 15.0. The number of thiophene rings is 1. The molecular formula is C20H19F2N3OS. The minimum atomic E-state index is -0.580. The van der Waals surface area contributed by atoms with Gasteiger partial charge in [0, 0.05) is 29.4 Å². The Balaban J connectivity index is 1.58. The quantitative estimate of drug-likeness (QED) is 0.640. The molecule has 2 heterocycles. The number of nitrogens with one attached hydrogen (secondary N) is 1. The molecule has 0 bridgehead atoms. The molecule has 0 spiro atoms. The standard InChI is InChI=1S/C20H19F2N3OS/c1-13-20(16-7-10-27-12-16)14(2)25(24-13)9-8-23-19(26)6-3-15-11-17(21)4-5-18(15)22/h3-7,10-12H,8-9H2,1-2H3,(H,23,26)/b6-3+. The van der Waals surface area contributed by atoms with Gasteiger partial charge in [0.15, 0.2) is 0 Å². The molecule has 0 aliphatic carbocycles. The van der Waals surface area contributed by atoms with Crippen molar-refractivity contribution in [3.8, 4) is 11.1 Å². The summed E-state index contributed by atoms with van der Waals surface area (Å²) in [7, 11) is 0. The lowest BCUT2D eigenvalue weighted by molar-refractivity contribution is -0.116. The number of rotatable bonds is 6. The number of aromatic nitrogens is 2. The zero-order valence-corrected chi connectivity index (χ0v) is 15.8. The number of hydrogen-bond acceptors (Lipinski definition) is 3. The number of halogens is 2. The SMILES string of the molecule is Cc1nn(CCNC(=O)/C=C/c2cc(F)ccc2F)c(C)c1-c1ccsc1. The first kappa shape index (κ1) is 19.0. The predicted octanol–water partition coefficient (Wildman–Crippen LogP) is 4.34. The van der Waals surface area contributed by atoms with Gasteiger partial charge >= 0.3 is 0 Å². The lowest BCUT2D eigenvalue weighted by atomic mass is 10.1. The summed E-state index contributed by atoms with van der Waals surface area (Å²) in [5.41, 5.74) is 4.27. The summed E-state index contributed by atoms with van der Waals surface area (Å²) in [4.78, 5) is 11.9. The van der Waals surface area contributed by atoms with Crippen molar-refractivity contribution in [2.75, 3.05) is 6.54 Å². The normalized spacial score (nSPS) is 11.3. The molecule has 1 aromatic carbocycles. The van der Waals surface area contributed by atoms with Crippen molar-refractivity contribution in [2.45, 2.75) is 20.4 Å². The molecule has 140 valence electrons. The third-order valence-electron chi connectivity index (χ3n) is 4.19. The summed E-state index contributed by atoms with van der Waals surface area (Å²) in [6.07, 6.45) is 2.45. The van der Waals surface area contributed by atoms with Crippen LogP contribution in [0.1, 0.15) is 17.0 Å². The van der Waals surface area contributed by atoms with Gasteiger partial charge in [-0.15, -0.1) is 0 Å². The fourth-order valence-electron chi connectivity index (χ4n) is 2.89. The summed E-state index contributed by atoms with van der Waals surface area (Å²) in [6.45, 7) is 4.86. The lowest BCUT2D eigenvalue weighted by Crippen LogP contribution is -2.26. The average molecular weight is 387 g/mol. The molecule has 2 aromatic heterocycles. The molecule has 1 amide bonds. The summed E-state index contributed by atoms with van der Waals surface area (Å²) in [6, 6.07) is 5.16. The smallest absolute Gasteiger partial charge is 0.244 e. The van der Waals surface area contributed by atoms with Gasteiger partial charge in [-0.25, -0.2) is 8.78 Å². The molecule has 0 saturated carbocycles. The Hall–Kier alpha value is -2.80. The van der Waals surface area contributed by atoms with Gasteiger partial charge in [0.25, 0.3) is 0 Å². The highest BCUT2D eigenvalue weighted by Gasteiger charge is 2.13. The van der Waals surface area contributed by atoms with E-state index in [1.165, 1.54) is 12.2 Å². The van der Waals surface area contributed by atoms with Crippen molar-refractivity contribution in [1.29, 1.82) is 0 Å². The minimum Gasteiger partial charge on any atom is -0.351 e. The van der Waals surface area contributed by atoms with Gasteiger partial charge in [-0.2, -0.15) is 16.4 Å². The Morgan fingerprint density at radius 3 is 2.85 bits per heavy atom. The highest BCUT2D eigenvalue weighted by Crippen LogP contribution is 2.28. The molecule has 0 fully saturated rings. The molecule has 0 unspecified atom stereocenters. The Morgan fingerprint density at radius 1 is 1.30 bits per heavy atom. The molecule has 0 radical (unpaired) electrons. The number of carbonyl (C=O) groups excluding carboxylic acids is 1. The second kappa shape index (κ2) is 8.26. The molecule has 0 saturated heterocycles. The second-order valence-corrected chi connectivity index (χ2v) is 6.85. The van der Waals surface area contributed by atoms with Gasteiger partial charge < -0.3 is 5.32 Å². The molecule has 0 aliphatic rings. The average Bonchev–Trinajstić information content (AvgIpc) is 3.24. The van der Waals surface area contributed by atoms with Crippen molar-refractivity contribution in [2.24, 2.45) is 0 Å². The fourth-order valence-corrected chi connectivity index (χ4v) is 3.54. The molecule has 4 nitrogen and oxygen atoms in total. The van der Waals surface area contributed by atoms with Gasteiger partial charge in [-0.3, -0.25) is 9.48 Å². The van der Waals surface area contributed by atoms with E-state index in [-0.39, 0.29) is 11.5 Å². The van der Waals surface area contributed by atoms with Crippen molar-refractivity contribution in [1.82, 2.24) is 15.1 Å². The number of aryl methyl sites for hydroxylation is 1. The first-order chi connectivity index (χ1) is 13.0. The first-order valence-electron chi connectivity index (χ1n) is 8.43. The maximum Gasteiger partial charge on any atom is 0.244 e. The van der Waals surface area contributed by atoms with Crippen LogP contribution in [0.3, 0.4) is 0 Å². The van der Waals surface area contributed by atoms with Crippen LogP contribution < -0.4 is 5.32 Å². The molecule has 0 atom stereocenters. The molecule has 1 N–H and O–H groups in total. The van der Waals surface area contributed by atoms with Crippen molar-refractivity contribution in [3.05, 3.63) is 69.7 Å². The highest BCUT2D eigenvalue weighted by atomic mass is 32.1. The van der Waals surface area contributed by atoms with E-state index >= 15 is 0 Å². The lowest BCUT2D eigenvalue weighted by Gasteiger charge is -2.06. The number of benzene rings is 1. The third kappa shape index (κ3) is 4.49. The Labute approximate surface area is 160 Å². The monoisotopic (exact) mass is 387 g/mol. The van der Waals surface area contributed by atoms with E-state index in [1.54, 1.807) is 11.3 Å². The summed E-state index contributed by atoms with van der Waals surface area (Å²) < 4.78 is 28.5. The first-order valence-corrected chi connectivity index (χ1v) is 9.37. The second-order valence-electron chi connectivity index (χ2n) is 6.07. The Morgan fingerprint density at radius 2 is 2.11 bits per heavy atom. The van der Waals surface area contributed by atoms with Crippen LogP contribution in [0.5, 0.6) is 0 Å². The third-order valence-corrected chi connectivity index (χ3v) is 4.87. The van der Waals surface area contributed by atoms with Gasteiger partial charge in [0.05, 0.1) is 12.2 Å². The topological polar surface area (TPSA) is 46.9 Å². The minimum absolute atomic E-state index is 0.0316. The maximum atomic E-state index is 13.5. The number of amides is 1. The zero-order chi connectivity index (χ0) is 19.4. The maximum absolute atomic E-state index is 13.5. The molecule has 3 rings (SSSR count). The Kier molecular flexibility index (Phi) is 5.81. The number of nitrogens with zero attached hydrogens (tertiary/aromatic N) is 2. The summed E-state index contributed by atoms with van der Waals surface area (Å²) in [5.74, 6) is -1.51. The number of hydrogen-bond donors (Lipinski definition) is 1. The van der Waals surface area contributed by atoms with E-state index in [1.807, 2.05) is 23.9 Å². The van der Waals surface area contributed by atoms with Crippen LogP contribution in [0.2, 0.25) is 0 Å². The van der Waals surface area contributed by atoms with Gasteiger partial charge in [-0.1, -0.05) is 0 Å². The van der Waals surface area contributed by atoms with E-state index < -0.39 is 11.6 Å².